The molecule has 1 unspecified atom stereocenters. The molecule has 1 aromatic heterocycles. The lowest BCUT2D eigenvalue weighted by molar-refractivity contribution is 0.560. The first-order valence-corrected chi connectivity index (χ1v) is 7.74. The molecule has 1 heterocycles. The van der Waals surface area contributed by atoms with E-state index in [1.54, 1.807) is 0 Å². The third-order valence-electron chi connectivity index (χ3n) is 4.43. The molecule has 2 aromatic carbocycles. The van der Waals surface area contributed by atoms with Crippen LogP contribution in [-0.4, -0.2) is 4.57 Å². The Hall–Kier alpha value is -1.76. The molecule has 3 aromatic rings. The Morgan fingerprint density at radius 3 is 2.45 bits per heavy atom. The molecule has 1 atom stereocenters. The van der Waals surface area contributed by atoms with Crippen LogP contribution in [0.25, 0.3) is 21.8 Å². The molecular weight excluding hydrogens is 242 g/mol. The maximum absolute atomic E-state index is 2.41. The molecule has 3 rings (SSSR count). The minimum atomic E-state index is 0.756. The summed E-state index contributed by atoms with van der Waals surface area (Å²) in [5.41, 5.74) is 4.18. The third-order valence-corrected chi connectivity index (χ3v) is 4.43. The van der Waals surface area contributed by atoms with E-state index in [9.17, 15) is 0 Å². The van der Waals surface area contributed by atoms with Gasteiger partial charge >= 0.3 is 0 Å². The van der Waals surface area contributed by atoms with E-state index < -0.39 is 0 Å². The van der Waals surface area contributed by atoms with Gasteiger partial charge in [0.25, 0.3) is 0 Å². The molecule has 0 fully saturated rings. The van der Waals surface area contributed by atoms with Crippen molar-refractivity contribution in [3.8, 4) is 0 Å². The molecule has 0 amide bonds. The molecule has 104 valence electrons. The van der Waals surface area contributed by atoms with E-state index in [1.165, 1.54) is 40.2 Å². The van der Waals surface area contributed by atoms with Crippen molar-refractivity contribution in [1.82, 2.24) is 4.57 Å². The largest absolute Gasteiger partial charge is 0.341 e. The number of nitrogens with zero attached hydrogens (tertiary/aromatic N) is 1. The highest BCUT2D eigenvalue weighted by Gasteiger charge is 2.10. The minimum absolute atomic E-state index is 0.756. The summed E-state index contributed by atoms with van der Waals surface area (Å²) in [4.78, 5) is 0. The monoisotopic (exact) mass is 265 g/mol. The van der Waals surface area contributed by atoms with Crippen molar-refractivity contribution in [2.24, 2.45) is 5.92 Å². The Morgan fingerprint density at radius 2 is 1.70 bits per heavy atom. The number of hydrogen-bond donors (Lipinski definition) is 0. The van der Waals surface area contributed by atoms with E-state index in [2.05, 4.69) is 67.8 Å². The highest BCUT2D eigenvalue weighted by atomic mass is 15.0. The first-order valence-electron chi connectivity index (χ1n) is 7.74. The van der Waals surface area contributed by atoms with E-state index in [-0.39, 0.29) is 0 Å². The van der Waals surface area contributed by atoms with Crippen molar-refractivity contribution < 1.29 is 0 Å². The van der Waals surface area contributed by atoms with Crippen molar-refractivity contribution in [2.75, 3.05) is 0 Å². The lowest BCUT2D eigenvalue weighted by atomic mass is 9.97. The lowest BCUT2D eigenvalue weighted by Crippen LogP contribution is -1.98. The van der Waals surface area contributed by atoms with Crippen molar-refractivity contribution in [1.29, 1.82) is 0 Å². The molecule has 0 bridgehead atoms. The maximum atomic E-state index is 2.41. The van der Waals surface area contributed by atoms with Crippen LogP contribution in [0.1, 0.15) is 32.8 Å². The summed E-state index contributed by atoms with van der Waals surface area (Å²) in [6.45, 7) is 7.85. The topological polar surface area (TPSA) is 4.93 Å². The summed E-state index contributed by atoms with van der Waals surface area (Å²) in [5.74, 6) is 0.756. The van der Waals surface area contributed by atoms with Crippen LogP contribution in [0.4, 0.5) is 0 Å². The van der Waals surface area contributed by atoms with Crippen LogP contribution in [0.3, 0.4) is 0 Å². The summed E-state index contributed by atoms with van der Waals surface area (Å²) < 4.78 is 2.41. The minimum Gasteiger partial charge on any atom is -0.341 e. The molecule has 0 aliphatic heterocycles. The molecule has 0 N–H and O–H groups in total. The van der Waals surface area contributed by atoms with Gasteiger partial charge in [-0.2, -0.15) is 0 Å². The van der Waals surface area contributed by atoms with Crippen LogP contribution >= 0.6 is 0 Å². The van der Waals surface area contributed by atoms with Gasteiger partial charge < -0.3 is 4.57 Å². The summed E-state index contributed by atoms with van der Waals surface area (Å²) in [6, 6.07) is 15.8. The molecule has 0 radical (unpaired) electrons. The average molecular weight is 265 g/mol. The Labute approximate surface area is 121 Å². The van der Waals surface area contributed by atoms with Crippen LogP contribution in [0, 0.1) is 5.92 Å². The van der Waals surface area contributed by atoms with E-state index in [4.69, 9.17) is 0 Å². The van der Waals surface area contributed by atoms with Gasteiger partial charge in [-0.05, 0) is 43.0 Å². The van der Waals surface area contributed by atoms with E-state index in [0.717, 1.165) is 12.5 Å². The van der Waals surface area contributed by atoms with E-state index in [1.807, 2.05) is 0 Å². The summed E-state index contributed by atoms with van der Waals surface area (Å²) in [5, 5.41) is 2.79. The number of hydrogen-bond acceptors (Lipinski definition) is 0. The second-order valence-corrected chi connectivity index (χ2v) is 5.83. The van der Waals surface area contributed by atoms with Gasteiger partial charge in [0.15, 0.2) is 0 Å². The second kappa shape index (κ2) is 5.32. The van der Waals surface area contributed by atoms with Crippen molar-refractivity contribution in [2.45, 2.75) is 40.2 Å². The first kappa shape index (κ1) is 13.2. The Morgan fingerprint density at radius 1 is 0.950 bits per heavy atom. The number of aromatic nitrogens is 1. The summed E-state index contributed by atoms with van der Waals surface area (Å²) >= 11 is 0. The van der Waals surface area contributed by atoms with Crippen LogP contribution in [0.5, 0.6) is 0 Å². The quantitative estimate of drug-likeness (QED) is 0.595. The highest BCUT2D eigenvalue weighted by Crippen LogP contribution is 2.30. The van der Waals surface area contributed by atoms with Crippen LogP contribution in [-0.2, 0) is 13.0 Å². The number of benzene rings is 2. The molecule has 0 saturated carbocycles. The fraction of sp³-hybridized carbons (Fsp3) is 0.368. The predicted molar refractivity (Wildman–Crippen MR) is 88.3 cm³/mol. The maximum Gasteiger partial charge on any atom is 0.0491 e. The fourth-order valence-corrected chi connectivity index (χ4v) is 3.12. The van der Waals surface area contributed by atoms with Gasteiger partial charge in [0.1, 0.15) is 0 Å². The second-order valence-electron chi connectivity index (χ2n) is 5.83. The Kier molecular flexibility index (Phi) is 3.52. The molecule has 0 aliphatic carbocycles. The van der Waals surface area contributed by atoms with Gasteiger partial charge in [0.2, 0.25) is 0 Å². The van der Waals surface area contributed by atoms with Gasteiger partial charge in [0.05, 0.1) is 0 Å². The third kappa shape index (κ3) is 2.11. The molecule has 1 nitrogen and oxygen atoms in total. The van der Waals surface area contributed by atoms with Gasteiger partial charge in [0, 0.05) is 28.4 Å². The van der Waals surface area contributed by atoms with Gasteiger partial charge in [-0.25, -0.2) is 0 Å². The van der Waals surface area contributed by atoms with E-state index in [0.29, 0.717) is 0 Å². The fourth-order valence-electron chi connectivity index (χ4n) is 3.12. The zero-order chi connectivity index (χ0) is 14.1. The number of fused-ring (bicyclic) bond motifs is 3. The average Bonchev–Trinajstić information content (AvgIpc) is 2.80. The van der Waals surface area contributed by atoms with Crippen LogP contribution in [0.2, 0.25) is 0 Å². The SMILES string of the molecule is CCC(C)Cc1ccc2c(c1)c1ccccc1n2CC. The number of para-hydroxylation sites is 1. The van der Waals surface area contributed by atoms with Crippen molar-refractivity contribution in [3.05, 3.63) is 48.0 Å². The molecule has 1 heteroatoms. The molecule has 0 aliphatic rings. The normalized spacial score (nSPS) is 13.2. The molecule has 0 saturated heterocycles. The van der Waals surface area contributed by atoms with Crippen molar-refractivity contribution in [3.63, 3.8) is 0 Å². The van der Waals surface area contributed by atoms with Crippen molar-refractivity contribution >= 4 is 21.8 Å². The van der Waals surface area contributed by atoms with E-state index >= 15 is 0 Å². The first-order chi connectivity index (χ1) is 9.74. The molecular formula is C19H23N. The van der Waals surface area contributed by atoms with Crippen LogP contribution in [0.15, 0.2) is 42.5 Å². The summed E-state index contributed by atoms with van der Waals surface area (Å²) in [6.07, 6.45) is 2.42. The zero-order valence-corrected chi connectivity index (χ0v) is 12.7. The van der Waals surface area contributed by atoms with Crippen LogP contribution < -0.4 is 0 Å². The zero-order valence-electron chi connectivity index (χ0n) is 12.7. The lowest BCUT2D eigenvalue weighted by Gasteiger charge is -2.09. The highest BCUT2D eigenvalue weighted by molar-refractivity contribution is 6.08. The summed E-state index contributed by atoms with van der Waals surface area (Å²) in [7, 11) is 0. The standard InChI is InChI=1S/C19H23N/c1-4-14(3)12-15-10-11-19-17(13-15)16-8-6-7-9-18(16)20(19)5-2/h6-11,13-14H,4-5,12H2,1-3H3. The molecule has 0 spiro atoms. The molecule has 20 heavy (non-hydrogen) atoms. The van der Waals surface area contributed by atoms with Gasteiger partial charge in [-0.15, -0.1) is 0 Å². The Bertz CT molecular complexity index is 736. The smallest absolute Gasteiger partial charge is 0.0491 e. The van der Waals surface area contributed by atoms with Gasteiger partial charge in [-0.1, -0.05) is 44.5 Å². The Balaban J connectivity index is 2.21. The number of rotatable bonds is 4. The predicted octanol–water partition coefficient (Wildman–Crippen LogP) is 5.40. The van der Waals surface area contributed by atoms with Gasteiger partial charge in [-0.3, -0.25) is 0 Å². The number of aryl methyl sites for hydroxylation is 1.